The Morgan fingerprint density at radius 2 is 1.85 bits per heavy atom. The van der Waals surface area contributed by atoms with Gasteiger partial charge >= 0.3 is 0 Å². The summed E-state index contributed by atoms with van der Waals surface area (Å²) in [5.41, 5.74) is 4.33. The van der Waals surface area contributed by atoms with Gasteiger partial charge in [-0.2, -0.15) is 0 Å². The molecule has 9 nitrogen and oxygen atoms in total. The maximum absolute atomic E-state index is 12.7. The molecule has 0 bridgehead atoms. The van der Waals surface area contributed by atoms with E-state index >= 15 is 0 Å². The number of hydrogen-bond donors (Lipinski definition) is 2. The van der Waals surface area contributed by atoms with Crippen LogP contribution in [0.5, 0.6) is 0 Å². The zero-order valence-electron chi connectivity index (χ0n) is 17.8. The summed E-state index contributed by atoms with van der Waals surface area (Å²) in [6, 6.07) is 9.87. The van der Waals surface area contributed by atoms with Crippen LogP contribution in [0.3, 0.4) is 0 Å². The number of benzene rings is 1. The fraction of sp³-hybridized carbons (Fsp3) is 0.167. The fourth-order valence-corrected chi connectivity index (χ4v) is 3.64. The molecule has 0 saturated carbocycles. The number of aryl methyl sites for hydroxylation is 1. The summed E-state index contributed by atoms with van der Waals surface area (Å²) in [7, 11) is 0. The first-order valence-corrected chi connectivity index (χ1v) is 10.7. The predicted molar refractivity (Wildman–Crippen MR) is 125 cm³/mol. The predicted octanol–water partition coefficient (Wildman–Crippen LogP) is 2.81. The minimum Gasteiger partial charge on any atom is -0.364 e. The molecule has 2 N–H and O–H groups in total. The number of anilines is 1. The van der Waals surface area contributed by atoms with E-state index in [0.29, 0.717) is 35.9 Å². The highest BCUT2D eigenvalue weighted by Crippen LogP contribution is 2.32. The Balaban J connectivity index is 1.39. The molecule has 5 rings (SSSR count). The van der Waals surface area contributed by atoms with Crippen molar-refractivity contribution in [2.45, 2.75) is 13.0 Å². The summed E-state index contributed by atoms with van der Waals surface area (Å²) in [6.45, 7) is 1.76. The second-order valence-electron chi connectivity index (χ2n) is 7.58. The molecule has 9 heteroatoms. The number of nitrogens with zero attached hydrogens (tertiary/aromatic N) is 6. The Hall–Kier alpha value is -4.40. The van der Waals surface area contributed by atoms with Gasteiger partial charge in [0.05, 0.1) is 12.0 Å². The van der Waals surface area contributed by atoms with Crippen molar-refractivity contribution in [1.29, 1.82) is 0 Å². The molecule has 1 aliphatic heterocycles. The van der Waals surface area contributed by atoms with Gasteiger partial charge in [-0.25, -0.2) is 24.9 Å². The molecule has 0 aliphatic carbocycles. The highest BCUT2D eigenvalue weighted by molar-refractivity contribution is 6.00. The molecule has 4 heterocycles. The average Bonchev–Trinajstić information content (AvgIpc) is 3.40. The van der Waals surface area contributed by atoms with Crippen LogP contribution in [0.25, 0.3) is 28.6 Å². The second-order valence-corrected chi connectivity index (χ2v) is 7.58. The van der Waals surface area contributed by atoms with Crippen LogP contribution in [0.15, 0.2) is 73.3 Å². The molecule has 0 atom stereocenters. The lowest BCUT2D eigenvalue weighted by molar-refractivity contribution is -0.117. The third-order valence-electron chi connectivity index (χ3n) is 5.29. The topological polar surface area (TPSA) is 111 Å². The van der Waals surface area contributed by atoms with E-state index in [2.05, 4.69) is 25.6 Å². The molecule has 1 aliphatic rings. The summed E-state index contributed by atoms with van der Waals surface area (Å²) in [4.78, 5) is 34.7. The van der Waals surface area contributed by atoms with E-state index in [1.54, 1.807) is 31.0 Å². The van der Waals surface area contributed by atoms with Gasteiger partial charge < -0.3 is 15.2 Å². The Morgan fingerprint density at radius 1 is 1.03 bits per heavy atom. The van der Waals surface area contributed by atoms with Crippen LogP contribution in [-0.2, 0) is 11.3 Å². The first-order chi connectivity index (χ1) is 16.3. The molecule has 1 amide bonds. The van der Waals surface area contributed by atoms with Gasteiger partial charge in [-0.15, -0.1) is 0 Å². The zero-order valence-corrected chi connectivity index (χ0v) is 17.8. The molecule has 0 radical (unpaired) electrons. The van der Waals surface area contributed by atoms with E-state index < -0.39 is 0 Å². The van der Waals surface area contributed by atoms with E-state index in [0.717, 1.165) is 29.8 Å². The molecular formula is C24H22N8O. The van der Waals surface area contributed by atoms with Crippen molar-refractivity contribution in [3.63, 3.8) is 0 Å². The maximum Gasteiger partial charge on any atom is 0.249 e. The molecule has 4 aromatic rings. The maximum atomic E-state index is 12.7. The van der Waals surface area contributed by atoms with Gasteiger partial charge in [-0.1, -0.05) is 30.3 Å². The summed E-state index contributed by atoms with van der Waals surface area (Å²) in [6.07, 6.45) is 12.9. The average molecular weight is 438 g/mol. The van der Waals surface area contributed by atoms with Crippen molar-refractivity contribution in [2.75, 3.05) is 18.4 Å². The van der Waals surface area contributed by atoms with Crippen molar-refractivity contribution >= 4 is 17.8 Å². The SMILES string of the molecule is O=C(NCCCn1ccnc1)C1=Cc2nc(-c3cncnc3)c(-c3ccccc3)nc2NC1. The van der Waals surface area contributed by atoms with Crippen molar-refractivity contribution in [3.8, 4) is 22.5 Å². The molecule has 33 heavy (non-hydrogen) atoms. The number of nitrogens with one attached hydrogen (secondary N) is 2. The minimum atomic E-state index is -0.114. The smallest absolute Gasteiger partial charge is 0.249 e. The van der Waals surface area contributed by atoms with Gasteiger partial charge in [0.25, 0.3) is 0 Å². The molecule has 1 aromatic carbocycles. The Bertz CT molecular complexity index is 1270. The number of carbonyl (C=O) groups is 1. The largest absolute Gasteiger partial charge is 0.364 e. The monoisotopic (exact) mass is 438 g/mol. The highest BCUT2D eigenvalue weighted by atomic mass is 16.1. The van der Waals surface area contributed by atoms with Crippen molar-refractivity contribution in [2.24, 2.45) is 0 Å². The van der Waals surface area contributed by atoms with Crippen LogP contribution in [0.1, 0.15) is 12.1 Å². The number of hydrogen-bond acceptors (Lipinski definition) is 7. The molecule has 0 fully saturated rings. The molecule has 0 spiro atoms. The summed E-state index contributed by atoms with van der Waals surface area (Å²) in [5, 5.41) is 6.23. The quantitative estimate of drug-likeness (QED) is 0.427. The fourth-order valence-electron chi connectivity index (χ4n) is 3.64. The highest BCUT2D eigenvalue weighted by Gasteiger charge is 2.21. The number of aromatic nitrogens is 6. The van der Waals surface area contributed by atoms with Gasteiger partial charge in [0.2, 0.25) is 5.91 Å². The summed E-state index contributed by atoms with van der Waals surface area (Å²) >= 11 is 0. The van der Waals surface area contributed by atoms with Gasteiger partial charge in [0, 0.05) is 61.1 Å². The Kier molecular flexibility index (Phi) is 5.83. The Morgan fingerprint density at radius 3 is 2.64 bits per heavy atom. The van der Waals surface area contributed by atoms with Crippen LogP contribution < -0.4 is 10.6 Å². The van der Waals surface area contributed by atoms with Gasteiger partial charge in [0.15, 0.2) is 5.82 Å². The standard InChI is InChI=1S/C24H22N8O/c33-24(28-7-4-9-32-10-8-25-16-32)18-11-20-23(29-14-18)31-21(17-5-2-1-3-6-17)22(30-20)19-12-26-15-27-13-19/h1-3,5-6,8,10-13,15-16H,4,7,9,14H2,(H,28,33)(H,29,31). The summed E-state index contributed by atoms with van der Waals surface area (Å²) < 4.78 is 1.98. The second kappa shape index (κ2) is 9.39. The number of rotatable bonds is 7. The van der Waals surface area contributed by atoms with E-state index in [1.165, 1.54) is 6.33 Å². The first kappa shape index (κ1) is 20.5. The van der Waals surface area contributed by atoms with Crippen molar-refractivity contribution < 1.29 is 4.79 Å². The van der Waals surface area contributed by atoms with Crippen molar-refractivity contribution in [3.05, 3.63) is 79.0 Å². The zero-order chi connectivity index (χ0) is 22.5. The summed E-state index contributed by atoms with van der Waals surface area (Å²) in [5.74, 6) is 0.531. The van der Waals surface area contributed by atoms with Gasteiger partial charge in [0.1, 0.15) is 17.7 Å². The van der Waals surface area contributed by atoms with Gasteiger partial charge in [-0.3, -0.25) is 4.79 Å². The number of fused-ring (bicyclic) bond motifs is 1. The van der Waals surface area contributed by atoms with Crippen LogP contribution in [-0.4, -0.2) is 48.5 Å². The van der Waals surface area contributed by atoms with Crippen LogP contribution in [0.4, 0.5) is 5.82 Å². The first-order valence-electron chi connectivity index (χ1n) is 10.7. The van der Waals surface area contributed by atoms with E-state index in [9.17, 15) is 4.79 Å². The lowest BCUT2D eigenvalue weighted by Crippen LogP contribution is -2.31. The van der Waals surface area contributed by atoms with E-state index in [4.69, 9.17) is 9.97 Å². The van der Waals surface area contributed by atoms with Crippen LogP contribution in [0, 0.1) is 0 Å². The third kappa shape index (κ3) is 4.62. The number of amides is 1. The lowest BCUT2D eigenvalue weighted by Gasteiger charge is -2.19. The van der Waals surface area contributed by atoms with E-state index in [1.807, 2.05) is 41.1 Å². The molecule has 0 saturated heterocycles. The number of carbonyl (C=O) groups excluding carboxylic acids is 1. The molecule has 164 valence electrons. The lowest BCUT2D eigenvalue weighted by atomic mass is 10.0. The van der Waals surface area contributed by atoms with Crippen LogP contribution >= 0.6 is 0 Å². The van der Waals surface area contributed by atoms with Gasteiger partial charge in [-0.05, 0) is 12.5 Å². The normalized spacial score (nSPS) is 12.4. The van der Waals surface area contributed by atoms with E-state index in [-0.39, 0.29) is 5.91 Å². The molecule has 0 unspecified atom stereocenters. The van der Waals surface area contributed by atoms with Crippen molar-refractivity contribution in [1.82, 2.24) is 34.8 Å². The van der Waals surface area contributed by atoms with Crippen LogP contribution in [0.2, 0.25) is 0 Å². The number of imidazole rings is 1. The minimum absolute atomic E-state index is 0.114. The molecular weight excluding hydrogens is 416 g/mol. The Labute approximate surface area is 190 Å². The molecule has 3 aromatic heterocycles. The third-order valence-corrected chi connectivity index (χ3v) is 5.29.